The molecular weight excluding hydrogens is 168 g/mol. The van der Waals surface area contributed by atoms with Crippen LogP contribution >= 0.6 is 0 Å². The van der Waals surface area contributed by atoms with Gasteiger partial charge in [0, 0.05) is 25.2 Å². The number of carbonyl (C=O) groups is 1. The van der Waals surface area contributed by atoms with Gasteiger partial charge in [-0.05, 0) is 19.4 Å². The maximum absolute atomic E-state index is 11.1. The van der Waals surface area contributed by atoms with Crippen molar-refractivity contribution >= 4 is 5.78 Å². The van der Waals surface area contributed by atoms with E-state index >= 15 is 0 Å². The number of aryl methyl sites for hydroxylation is 1. The molecule has 1 aromatic rings. The Balaban J connectivity index is 2.50. The van der Waals surface area contributed by atoms with E-state index in [2.05, 4.69) is 5.10 Å². The number of Topliss-reactive ketones (excluding diaryl/α,β-unsaturated/α-hetero) is 1. The Morgan fingerprint density at radius 1 is 1.62 bits per heavy atom. The second kappa shape index (κ2) is 4.54. The minimum Gasteiger partial charge on any atom is -0.300 e. The van der Waals surface area contributed by atoms with Crippen molar-refractivity contribution in [1.82, 2.24) is 9.78 Å². The van der Waals surface area contributed by atoms with E-state index in [1.165, 1.54) is 10.7 Å². The summed E-state index contributed by atoms with van der Waals surface area (Å²) < 4.78 is 1.36. The summed E-state index contributed by atoms with van der Waals surface area (Å²) in [5, 5.41) is 3.87. The zero-order valence-electron chi connectivity index (χ0n) is 7.56. The van der Waals surface area contributed by atoms with Crippen molar-refractivity contribution in [2.75, 3.05) is 0 Å². The molecule has 1 rings (SSSR count). The zero-order valence-corrected chi connectivity index (χ0v) is 7.56. The molecule has 0 atom stereocenters. The molecule has 70 valence electrons. The maximum atomic E-state index is 11.1. The van der Waals surface area contributed by atoms with Crippen LogP contribution in [-0.4, -0.2) is 15.6 Å². The van der Waals surface area contributed by atoms with E-state index < -0.39 is 0 Å². The van der Waals surface area contributed by atoms with E-state index in [-0.39, 0.29) is 11.3 Å². The molecule has 4 heteroatoms. The Morgan fingerprint density at radius 3 is 3.00 bits per heavy atom. The monoisotopic (exact) mass is 180 g/mol. The molecule has 0 amide bonds. The van der Waals surface area contributed by atoms with Gasteiger partial charge in [-0.25, -0.2) is 4.68 Å². The molecule has 1 heterocycles. The highest BCUT2D eigenvalue weighted by Gasteiger charge is 1.96. The summed E-state index contributed by atoms with van der Waals surface area (Å²) >= 11 is 0. The van der Waals surface area contributed by atoms with Gasteiger partial charge in [-0.3, -0.25) is 4.79 Å². The van der Waals surface area contributed by atoms with Gasteiger partial charge in [0.15, 0.2) is 0 Å². The largest absolute Gasteiger partial charge is 0.300 e. The standard InChI is InChI=1S/C9H12N2O2/c1-8(12)4-3-7-11-9(13)5-2-6-10-11/h2,5-6H,3-4,7H2,1H3. The summed E-state index contributed by atoms with van der Waals surface area (Å²) in [6, 6.07) is 3.06. The second-order valence-corrected chi connectivity index (χ2v) is 2.89. The molecular formula is C9H12N2O2. The van der Waals surface area contributed by atoms with Crippen LogP contribution in [-0.2, 0) is 11.3 Å². The lowest BCUT2D eigenvalue weighted by Crippen LogP contribution is -2.21. The molecule has 0 spiro atoms. The lowest BCUT2D eigenvalue weighted by atomic mass is 10.2. The lowest BCUT2D eigenvalue weighted by Gasteiger charge is -2.00. The van der Waals surface area contributed by atoms with E-state index in [1.54, 1.807) is 19.2 Å². The van der Waals surface area contributed by atoms with Gasteiger partial charge in [0.25, 0.3) is 5.56 Å². The van der Waals surface area contributed by atoms with Gasteiger partial charge in [-0.15, -0.1) is 0 Å². The maximum Gasteiger partial charge on any atom is 0.266 e. The zero-order chi connectivity index (χ0) is 9.68. The summed E-state index contributed by atoms with van der Waals surface area (Å²) in [6.07, 6.45) is 2.74. The van der Waals surface area contributed by atoms with E-state index in [0.717, 1.165) is 0 Å². The number of ketones is 1. The number of hydrogen-bond donors (Lipinski definition) is 0. The third-order valence-electron chi connectivity index (χ3n) is 1.68. The normalized spacial score (nSPS) is 9.92. The van der Waals surface area contributed by atoms with Crippen molar-refractivity contribution in [3.8, 4) is 0 Å². The van der Waals surface area contributed by atoms with E-state index in [0.29, 0.717) is 19.4 Å². The van der Waals surface area contributed by atoms with Gasteiger partial charge >= 0.3 is 0 Å². The van der Waals surface area contributed by atoms with Crippen molar-refractivity contribution in [3.63, 3.8) is 0 Å². The molecule has 0 saturated heterocycles. The Morgan fingerprint density at radius 2 is 2.38 bits per heavy atom. The highest BCUT2D eigenvalue weighted by atomic mass is 16.1. The van der Waals surface area contributed by atoms with Crippen LogP contribution in [0.3, 0.4) is 0 Å². The Labute approximate surface area is 76.2 Å². The van der Waals surface area contributed by atoms with Crippen molar-refractivity contribution in [2.24, 2.45) is 0 Å². The van der Waals surface area contributed by atoms with Crippen LogP contribution in [0.4, 0.5) is 0 Å². The molecule has 4 nitrogen and oxygen atoms in total. The van der Waals surface area contributed by atoms with Gasteiger partial charge in [0.2, 0.25) is 0 Å². The number of carbonyl (C=O) groups excluding carboxylic acids is 1. The third kappa shape index (κ3) is 3.19. The summed E-state index contributed by atoms with van der Waals surface area (Å²) in [5.41, 5.74) is -0.119. The summed E-state index contributed by atoms with van der Waals surface area (Å²) in [6.45, 7) is 2.06. The number of hydrogen-bond acceptors (Lipinski definition) is 3. The van der Waals surface area contributed by atoms with E-state index in [1.807, 2.05) is 0 Å². The fourth-order valence-electron chi connectivity index (χ4n) is 1.03. The summed E-state index contributed by atoms with van der Waals surface area (Å²) in [7, 11) is 0. The van der Waals surface area contributed by atoms with Crippen LogP contribution in [0.1, 0.15) is 19.8 Å². The molecule has 0 bridgehead atoms. The van der Waals surface area contributed by atoms with E-state index in [4.69, 9.17) is 0 Å². The van der Waals surface area contributed by atoms with Gasteiger partial charge in [-0.1, -0.05) is 0 Å². The van der Waals surface area contributed by atoms with Crippen LogP contribution in [0.25, 0.3) is 0 Å². The molecule has 0 aliphatic carbocycles. The molecule has 0 N–H and O–H groups in total. The SMILES string of the molecule is CC(=O)CCCn1ncccc1=O. The van der Waals surface area contributed by atoms with Crippen LogP contribution in [0, 0.1) is 0 Å². The minimum atomic E-state index is -0.119. The van der Waals surface area contributed by atoms with Gasteiger partial charge in [-0.2, -0.15) is 5.10 Å². The first-order valence-electron chi connectivity index (χ1n) is 4.22. The highest BCUT2D eigenvalue weighted by molar-refractivity contribution is 5.75. The predicted octanol–water partition coefficient (Wildman–Crippen LogP) is 0.612. The smallest absolute Gasteiger partial charge is 0.266 e. The molecule has 0 unspecified atom stereocenters. The van der Waals surface area contributed by atoms with Gasteiger partial charge in [0.1, 0.15) is 5.78 Å². The molecule has 1 aromatic heterocycles. The van der Waals surface area contributed by atoms with Crippen molar-refractivity contribution in [1.29, 1.82) is 0 Å². The quantitative estimate of drug-likeness (QED) is 0.682. The predicted molar refractivity (Wildman–Crippen MR) is 48.4 cm³/mol. The molecule has 0 radical (unpaired) electrons. The lowest BCUT2D eigenvalue weighted by molar-refractivity contribution is -0.117. The summed E-state index contributed by atoms with van der Waals surface area (Å²) in [4.78, 5) is 21.7. The Bertz CT molecular complexity index is 343. The molecule has 0 aromatic carbocycles. The molecule has 0 saturated carbocycles. The molecule has 13 heavy (non-hydrogen) atoms. The van der Waals surface area contributed by atoms with Crippen molar-refractivity contribution in [3.05, 3.63) is 28.7 Å². The van der Waals surface area contributed by atoms with E-state index in [9.17, 15) is 9.59 Å². The molecule has 0 aliphatic heterocycles. The highest BCUT2D eigenvalue weighted by Crippen LogP contribution is 1.91. The number of rotatable bonds is 4. The summed E-state index contributed by atoms with van der Waals surface area (Å²) in [5.74, 6) is 0.143. The third-order valence-corrected chi connectivity index (χ3v) is 1.68. The van der Waals surface area contributed by atoms with Crippen molar-refractivity contribution < 1.29 is 4.79 Å². The topological polar surface area (TPSA) is 52.0 Å². The average Bonchev–Trinajstić information content (AvgIpc) is 2.08. The van der Waals surface area contributed by atoms with Gasteiger partial charge < -0.3 is 4.79 Å². The molecule has 0 aliphatic rings. The first-order chi connectivity index (χ1) is 6.20. The van der Waals surface area contributed by atoms with Crippen LogP contribution in [0.5, 0.6) is 0 Å². The molecule has 0 fully saturated rings. The first kappa shape index (κ1) is 9.64. The fourth-order valence-corrected chi connectivity index (χ4v) is 1.03. The Hall–Kier alpha value is -1.45. The van der Waals surface area contributed by atoms with Crippen molar-refractivity contribution in [2.45, 2.75) is 26.3 Å². The Kier molecular flexibility index (Phi) is 3.37. The van der Waals surface area contributed by atoms with Crippen LogP contribution in [0.15, 0.2) is 23.1 Å². The fraction of sp³-hybridized carbons (Fsp3) is 0.444. The number of nitrogens with zero attached hydrogens (tertiary/aromatic N) is 2. The second-order valence-electron chi connectivity index (χ2n) is 2.89. The van der Waals surface area contributed by atoms with Crippen LogP contribution < -0.4 is 5.56 Å². The minimum absolute atomic E-state index is 0.119. The average molecular weight is 180 g/mol. The van der Waals surface area contributed by atoms with Crippen LogP contribution in [0.2, 0.25) is 0 Å². The first-order valence-corrected chi connectivity index (χ1v) is 4.22. The number of aromatic nitrogens is 2. The van der Waals surface area contributed by atoms with Gasteiger partial charge in [0.05, 0.1) is 0 Å².